The van der Waals surface area contributed by atoms with Crippen molar-refractivity contribution in [2.24, 2.45) is 0 Å². The van der Waals surface area contributed by atoms with Gasteiger partial charge in [0.25, 0.3) is 5.91 Å². The van der Waals surface area contributed by atoms with E-state index in [1.807, 2.05) is 18.4 Å². The second-order valence-electron chi connectivity index (χ2n) is 3.40. The van der Waals surface area contributed by atoms with Gasteiger partial charge in [0.15, 0.2) is 0 Å². The largest absolute Gasteiger partial charge is 0.351 e. The molecule has 4 heteroatoms. The Morgan fingerprint density at radius 3 is 2.87 bits per heavy atom. The van der Waals surface area contributed by atoms with Crippen LogP contribution < -0.4 is 10.6 Å². The fraction of sp³-hybridized carbons (Fsp3) is 0.545. The van der Waals surface area contributed by atoms with Gasteiger partial charge in [0, 0.05) is 6.54 Å². The number of carbonyl (C=O) groups is 1. The van der Waals surface area contributed by atoms with Crippen LogP contribution in [0, 0.1) is 6.92 Å². The number of rotatable bonds is 6. The minimum Gasteiger partial charge on any atom is -0.351 e. The summed E-state index contributed by atoms with van der Waals surface area (Å²) in [5, 5.41) is 8.08. The first-order valence-electron chi connectivity index (χ1n) is 5.28. The molecule has 0 atom stereocenters. The lowest BCUT2D eigenvalue weighted by atomic mass is 10.3. The van der Waals surface area contributed by atoms with Crippen molar-refractivity contribution in [1.29, 1.82) is 0 Å². The normalized spacial score (nSPS) is 10.3. The van der Waals surface area contributed by atoms with E-state index >= 15 is 0 Å². The van der Waals surface area contributed by atoms with Crippen molar-refractivity contribution in [2.45, 2.75) is 20.3 Å². The molecule has 1 aromatic rings. The van der Waals surface area contributed by atoms with Gasteiger partial charge >= 0.3 is 0 Å². The van der Waals surface area contributed by atoms with Crippen molar-refractivity contribution in [1.82, 2.24) is 10.6 Å². The van der Waals surface area contributed by atoms with Crippen molar-refractivity contribution in [3.05, 3.63) is 21.9 Å². The van der Waals surface area contributed by atoms with Crippen LogP contribution in [0.2, 0.25) is 0 Å². The molecule has 0 unspecified atom stereocenters. The topological polar surface area (TPSA) is 41.1 Å². The Hall–Kier alpha value is -0.870. The molecule has 0 aliphatic rings. The van der Waals surface area contributed by atoms with E-state index in [1.165, 1.54) is 11.3 Å². The molecule has 0 aliphatic heterocycles. The summed E-state index contributed by atoms with van der Waals surface area (Å²) in [6.07, 6.45) is 0.976. The number of hydrogen-bond acceptors (Lipinski definition) is 3. The predicted molar refractivity (Wildman–Crippen MR) is 64.5 cm³/mol. The van der Waals surface area contributed by atoms with Gasteiger partial charge in [-0.25, -0.2) is 0 Å². The molecule has 1 aromatic heterocycles. The number of amides is 1. The van der Waals surface area contributed by atoms with Gasteiger partial charge in [0.2, 0.25) is 0 Å². The summed E-state index contributed by atoms with van der Waals surface area (Å²) in [4.78, 5) is 12.5. The maximum Gasteiger partial charge on any atom is 0.261 e. The Labute approximate surface area is 94.9 Å². The van der Waals surface area contributed by atoms with Crippen molar-refractivity contribution in [3.8, 4) is 0 Å². The Morgan fingerprint density at radius 2 is 2.27 bits per heavy atom. The molecule has 84 valence electrons. The molecule has 1 heterocycles. The third-order valence-electron chi connectivity index (χ3n) is 2.13. The van der Waals surface area contributed by atoms with Crippen molar-refractivity contribution in [2.75, 3.05) is 19.6 Å². The van der Waals surface area contributed by atoms with Crippen molar-refractivity contribution < 1.29 is 4.79 Å². The molecule has 0 saturated heterocycles. The van der Waals surface area contributed by atoms with Crippen LogP contribution in [0.15, 0.2) is 11.4 Å². The molecule has 0 bridgehead atoms. The number of hydrogen-bond donors (Lipinski definition) is 2. The smallest absolute Gasteiger partial charge is 0.261 e. The Morgan fingerprint density at radius 1 is 1.47 bits per heavy atom. The molecular formula is C11H18N2OS. The lowest BCUT2D eigenvalue weighted by molar-refractivity contribution is 0.0957. The van der Waals surface area contributed by atoms with Crippen LogP contribution in [0.5, 0.6) is 0 Å². The van der Waals surface area contributed by atoms with Crippen LogP contribution in [-0.2, 0) is 0 Å². The van der Waals surface area contributed by atoms with E-state index in [2.05, 4.69) is 17.6 Å². The second kappa shape index (κ2) is 6.58. The van der Waals surface area contributed by atoms with E-state index in [-0.39, 0.29) is 5.91 Å². The first kappa shape index (κ1) is 12.2. The summed E-state index contributed by atoms with van der Waals surface area (Å²) in [6, 6.07) is 1.97. The number of nitrogens with one attached hydrogen (secondary N) is 2. The molecule has 0 aromatic carbocycles. The van der Waals surface area contributed by atoms with E-state index in [0.29, 0.717) is 0 Å². The van der Waals surface area contributed by atoms with Gasteiger partial charge in [-0.2, -0.15) is 0 Å². The van der Waals surface area contributed by atoms with Crippen LogP contribution in [0.4, 0.5) is 0 Å². The average molecular weight is 226 g/mol. The lowest BCUT2D eigenvalue weighted by Gasteiger charge is -2.04. The van der Waals surface area contributed by atoms with Gasteiger partial charge in [-0.15, -0.1) is 11.3 Å². The average Bonchev–Trinajstić information content (AvgIpc) is 2.64. The quantitative estimate of drug-likeness (QED) is 0.726. The van der Waals surface area contributed by atoms with Gasteiger partial charge in [0.05, 0.1) is 4.88 Å². The highest BCUT2D eigenvalue weighted by molar-refractivity contribution is 7.12. The van der Waals surface area contributed by atoms with Crippen molar-refractivity contribution >= 4 is 17.2 Å². The number of carbonyl (C=O) groups excluding carboxylic acids is 1. The second-order valence-corrected chi connectivity index (χ2v) is 4.31. The molecule has 3 nitrogen and oxygen atoms in total. The van der Waals surface area contributed by atoms with Crippen LogP contribution in [0.3, 0.4) is 0 Å². The molecule has 0 radical (unpaired) electrons. The Kier molecular flexibility index (Phi) is 5.36. The summed E-state index contributed by atoms with van der Waals surface area (Å²) >= 11 is 1.50. The minimum absolute atomic E-state index is 0.0546. The van der Waals surface area contributed by atoms with Crippen molar-refractivity contribution in [3.63, 3.8) is 0 Å². The van der Waals surface area contributed by atoms with Gasteiger partial charge in [-0.3, -0.25) is 4.79 Å². The zero-order chi connectivity index (χ0) is 11.1. The number of aryl methyl sites for hydroxylation is 1. The summed E-state index contributed by atoms with van der Waals surface area (Å²) in [5.74, 6) is 0.0546. The molecule has 0 saturated carbocycles. The Balaban J connectivity index is 2.22. The maximum absolute atomic E-state index is 11.6. The summed E-state index contributed by atoms with van der Waals surface area (Å²) < 4.78 is 0. The zero-order valence-electron chi connectivity index (χ0n) is 9.30. The molecule has 2 N–H and O–H groups in total. The zero-order valence-corrected chi connectivity index (χ0v) is 10.1. The fourth-order valence-electron chi connectivity index (χ4n) is 1.28. The first-order valence-corrected chi connectivity index (χ1v) is 6.16. The van der Waals surface area contributed by atoms with Crippen LogP contribution in [-0.4, -0.2) is 25.5 Å². The summed E-state index contributed by atoms with van der Waals surface area (Å²) in [7, 11) is 0. The molecule has 15 heavy (non-hydrogen) atoms. The van der Waals surface area contributed by atoms with Gasteiger partial charge in [-0.05, 0) is 43.4 Å². The molecule has 0 spiro atoms. The Bertz CT molecular complexity index is 309. The molecule has 0 aliphatic carbocycles. The minimum atomic E-state index is 0.0546. The molecular weight excluding hydrogens is 208 g/mol. The first-order chi connectivity index (χ1) is 7.25. The van der Waals surface area contributed by atoms with E-state index in [9.17, 15) is 4.79 Å². The van der Waals surface area contributed by atoms with Crippen LogP contribution in [0.25, 0.3) is 0 Å². The third kappa shape index (κ3) is 4.01. The van der Waals surface area contributed by atoms with E-state index < -0.39 is 0 Å². The molecule has 1 rings (SSSR count). The SMILES string of the molecule is CCNCCCNC(=O)c1sccc1C. The van der Waals surface area contributed by atoms with Crippen LogP contribution >= 0.6 is 11.3 Å². The lowest BCUT2D eigenvalue weighted by Crippen LogP contribution is -2.27. The van der Waals surface area contributed by atoms with Gasteiger partial charge < -0.3 is 10.6 Å². The highest BCUT2D eigenvalue weighted by atomic mass is 32.1. The van der Waals surface area contributed by atoms with Gasteiger partial charge in [-0.1, -0.05) is 6.92 Å². The molecule has 1 amide bonds. The van der Waals surface area contributed by atoms with E-state index in [0.717, 1.165) is 36.5 Å². The third-order valence-corrected chi connectivity index (χ3v) is 3.15. The fourth-order valence-corrected chi connectivity index (χ4v) is 2.12. The van der Waals surface area contributed by atoms with E-state index in [4.69, 9.17) is 0 Å². The standard InChI is InChI=1S/C11H18N2OS/c1-3-12-6-4-7-13-11(14)10-9(2)5-8-15-10/h5,8,12H,3-4,6-7H2,1-2H3,(H,13,14). The summed E-state index contributed by atoms with van der Waals surface area (Å²) in [5.41, 5.74) is 1.06. The number of thiophene rings is 1. The predicted octanol–water partition coefficient (Wildman–Crippen LogP) is 1.79. The summed E-state index contributed by atoms with van der Waals surface area (Å²) in [6.45, 7) is 6.72. The van der Waals surface area contributed by atoms with Gasteiger partial charge in [0.1, 0.15) is 0 Å². The molecule has 0 fully saturated rings. The monoisotopic (exact) mass is 226 g/mol. The highest BCUT2D eigenvalue weighted by Crippen LogP contribution is 2.14. The van der Waals surface area contributed by atoms with E-state index in [1.54, 1.807) is 0 Å². The van der Waals surface area contributed by atoms with Crippen LogP contribution in [0.1, 0.15) is 28.6 Å². The highest BCUT2D eigenvalue weighted by Gasteiger charge is 2.08. The maximum atomic E-state index is 11.6.